The number of rotatable bonds is 5. The maximum absolute atomic E-state index is 9.11. The third-order valence-electron chi connectivity index (χ3n) is 4.31. The van der Waals surface area contributed by atoms with Gasteiger partial charge >= 0.3 is 0 Å². The summed E-state index contributed by atoms with van der Waals surface area (Å²) in [4.78, 5) is 0. The molecule has 1 aliphatic carbocycles. The zero-order chi connectivity index (χ0) is 13.0. The van der Waals surface area contributed by atoms with Crippen molar-refractivity contribution >= 4 is 22.6 Å². The van der Waals surface area contributed by atoms with Gasteiger partial charge in [0.25, 0.3) is 0 Å². The quantitative estimate of drug-likeness (QED) is 0.814. The highest BCUT2D eigenvalue weighted by atomic mass is 127. The van der Waals surface area contributed by atoms with Gasteiger partial charge in [-0.3, -0.25) is 4.68 Å². The fraction of sp³-hybridized carbons (Fsp3) is 0.786. The number of hydrogen-bond donors (Lipinski definition) is 1. The lowest BCUT2D eigenvalue weighted by atomic mass is 9.71. The van der Waals surface area contributed by atoms with Crippen LogP contribution in [-0.2, 0) is 6.54 Å². The van der Waals surface area contributed by atoms with Crippen LogP contribution in [0.15, 0.2) is 6.20 Å². The fourth-order valence-corrected chi connectivity index (χ4v) is 3.55. The largest absolute Gasteiger partial charge is 0.396 e. The molecule has 1 heterocycles. The molecule has 0 aliphatic heterocycles. The maximum Gasteiger partial charge on any atom is 0.0626 e. The van der Waals surface area contributed by atoms with Gasteiger partial charge in [-0.25, -0.2) is 0 Å². The van der Waals surface area contributed by atoms with Crippen LogP contribution < -0.4 is 0 Å². The molecule has 3 nitrogen and oxygen atoms in total. The highest BCUT2D eigenvalue weighted by Crippen LogP contribution is 2.41. The van der Waals surface area contributed by atoms with Crippen molar-refractivity contribution in [2.75, 3.05) is 6.61 Å². The zero-order valence-corrected chi connectivity index (χ0v) is 13.3. The summed E-state index contributed by atoms with van der Waals surface area (Å²) >= 11 is 2.35. The summed E-state index contributed by atoms with van der Waals surface area (Å²) in [7, 11) is 0. The normalized spacial score (nSPS) is 19.1. The Morgan fingerprint density at radius 1 is 1.39 bits per heavy atom. The second-order valence-corrected chi connectivity index (χ2v) is 6.79. The Morgan fingerprint density at radius 3 is 2.67 bits per heavy atom. The van der Waals surface area contributed by atoms with Crippen LogP contribution >= 0.6 is 22.6 Å². The molecule has 0 aromatic carbocycles. The van der Waals surface area contributed by atoms with Gasteiger partial charge in [0.05, 0.1) is 9.77 Å². The molecule has 1 aliphatic rings. The molecular weight excluding hydrogens is 339 g/mol. The van der Waals surface area contributed by atoms with Crippen LogP contribution in [0.5, 0.6) is 0 Å². The molecule has 1 fully saturated rings. The van der Waals surface area contributed by atoms with Crippen LogP contribution in [0.2, 0.25) is 0 Å². The number of nitrogens with zero attached hydrogens (tertiary/aromatic N) is 2. The topological polar surface area (TPSA) is 38.0 Å². The van der Waals surface area contributed by atoms with Gasteiger partial charge in [0.1, 0.15) is 0 Å². The molecular formula is C14H23IN2O. The van der Waals surface area contributed by atoms with E-state index in [2.05, 4.69) is 39.3 Å². The molecule has 2 rings (SSSR count). The Kier molecular flexibility index (Phi) is 5.06. The van der Waals surface area contributed by atoms with E-state index in [4.69, 9.17) is 5.11 Å². The summed E-state index contributed by atoms with van der Waals surface area (Å²) < 4.78 is 3.42. The first-order chi connectivity index (χ1) is 8.67. The lowest BCUT2D eigenvalue weighted by Gasteiger charge is -2.37. The van der Waals surface area contributed by atoms with Crippen LogP contribution in [0.4, 0.5) is 0 Å². The second-order valence-electron chi connectivity index (χ2n) is 5.62. The molecule has 0 amide bonds. The second kappa shape index (κ2) is 6.37. The number of aromatic nitrogens is 2. The molecule has 4 heteroatoms. The summed E-state index contributed by atoms with van der Waals surface area (Å²) in [6.45, 7) is 3.50. The Labute approximate surface area is 123 Å². The van der Waals surface area contributed by atoms with Crippen molar-refractivity contribution in [3.05, 3.63) is 15.5 Å². The van der Waals surface area contributed by atoms with Crippen molar-refractivity contribution < 1.29 is 5.11 Å². The molecule has 1 aromatic rings. The van der Waals surface area contributed by atoms with Crippen LogP contribution in [-0.4, -0.2) is 21.5 Å². The van der Waals surface area contributed by atoms with Gasteiger partial charge in [-0.15, -0.1) is 0 Å². The molecule has 0 spiro atoms. The van der Waals surface area contributed by atoms with Gasteiger partial charge in [-0.2, -0.15) is 5.10 Å². The molecule has 0 saturated heterocycles. The summed E-state index contributed by atoms with van der Waals surface area (Å²) in [5, 5.41) is 13.6. The molecule has 1 saturated carbocycles. The van der Waals surface area contributed by atoms with E-state index in [9.17, 15) is 0 Å². The lowest BCUT2D eigenvalue weighted by molar-refractivity contribution is 0.120. The monoisotopic (exact) mass is 362 g/mol. The van der Waals surface area contributed by atoms with Crippen molar-refractivity contribution in [2.24, 2.45) is 5.41 Å². The fourth-order valence-electron chi connectivity index (χ4n) is 3.14. The number of aliphatic hydroxyl groups is 1. The first-order valence-electron chi connectivity index (χ1n) is 6.96. The van der Waals surface area contributed by atoms with E-state index < -0.39 is 0 Å². The minimum absolute atomic E-state index is 0.317. The minimum atomic E-state index is 0.317. The Morgan fingerprint density at radius 2 is 2.11 bits per heavy atom. The van der Waals surface area contributed by atoms with Gasteiger partial charge in [0.2, 0.25) is 0 Å². The molecule has 0 unspecified atom stereocenters. The third-order valence-corrected chi connectivity index (χ3v) is 5.37. The zero-order valence-electron chi connectivity index (χ0n) is 11.2. The Balaban J connectivity index is 2.11. The molecule has 1 aromatic heterocycles. The van der Waals surface area contributed by atoms with E-state index in [0.717, 1.165) is 19.4 Å². The Hall–Kier alpha value is -0.100. The summed E-state index contributed by atoms with van der Waals surface area (Å²) in [5.74, 6) is 0. The van der Waals surface area contributed by atoms with Crippen molar-refractivity contribution in [2.45, 2.75) is 58.4 Å². The number of aliphatic hydroxyl groups excluding tert-OH is 1. The third kappa shape index (κ3) is 3.26. The van der Waals surface area contributed by atoms with Gasteiger partial charge in [-0.05, 0) is 60.6 Å². The smallest absolute Gasteiger partial charge is 0.0626 e. The summed E-state index contributed by atoms with van der Waals surface area (Å²) in [6.07, 6.45) is 10.7. The van der Waals surface area contributed by atoms with Crippen LogP contribution in [0.3, 0.4) is 0 Å². The molecule has 0 bridgehead atoms. The molecule has 18 heavy (non-hydrogen) atoms. The summed E-state index contributed by atoms with van der Waals surface area (Å²) in [6, 6.07) is 0. The highest BCUT2D eigenvalue weighted by molar-refractivity contribution is 14.1. The first-order valence-corrected chi connectivity index (χ1v) is 8.03. The van der Waals surface area contributed by atoms with Gasteiger partial charge in [0.15, 0.2) is 0 Å². The van der Waals surface area contributed by atoms with Crippen molar-refractivity contribution in [3.63, 3.8) is 0 Å². The minimum Gasteiger partial charge on any atom is -0.396 e. The van der Waals surface area contributed by atoms with Crippen molar-refractivity contribution in [1.82, 2.24) is 9.78 Å². The van der Waals surface area contributed by atoms with Crippen LogP contribution in [0.25, 0.3) is 0 Å². The molecule has 0 radical (unpaired) electrons. The number of hydrogen-bond acceptors (Lipinski definition) is 2. The predicted molar refractivity (Wildman–Crippen MR) is 81.5 cm³/mol. The van der Waals surface area contributed by atoms with E-state index in [1.807, 2.05) is 6.20 Å². The van der Waals surface area contributed by atoms with Crippen LogP contribution in [0.1, 0.15) is 50.6 Å². The SMILES string of the molecule is Cc1c(I)cnn1CC1(CCCO)CCCCC1. The summed E-state index contributed by atoms with van der Waals surface area (Å²) in [5.41, 5.74) is 1.66. The Bertz CT molecular complexity index is 383. The van der Waals surface area contributed by atoms with Crippen molar-refractivity contribution in [3.8, 4) is 0 Å². The lowest BCUT2D eigenvalue weighted by Crippen LogP contribution is -2.30. The van der Waals surface area contributed by atoms with Gasteiger partial charge in [0, 0.05) is 18.8 Å². The molecule has 0 atom stereocenters. The molecule has 102 valence electrons. The number of halogens is 1. The van der Waals surface area contributed by atoms with Crippen LogP contribution in [0, 0.1) is 15.9 Å². The predicted octanol–water partition coefficient (Wildman–Crippen LogP) is 3.52. The van der Waals surface area contributed by atoms with E-state index in [0.29, 0.717) is 12.0 Å². The average Bonchev–Trinajstić information content (AvgIpc) is 2.70. The maximum atomic E-state index is 9.11. The first kappa shape index (κ1) is 14.3. The van der Waals surface area contributed by atoms with Crippen molar-refractivity contribution in [1.29, 1.82) is 0 Å². The standard InChI is InChI=1S/C14H23IN2O/c1-12-13(15)10-16-17(12)11-14(8-5-9-18)6-3-2-4-7-14/h10,18H,2-9,11H2,1H3. The van der Waals surface area contributed by atoms with E-state index >= 15 is 0 Å². The van der Waals surface area contributed by atoms with E-state index in [1.165, 1.54) is 41.4 Å². The van der Waals surface area contributed by atoms with Gasteiger partial charge in [-0.1, -0.05) is 19.3 Å². The highest BCUT2D eigenvalue weighted by Gasteiger charge is 2.32. The molecule has 1 N–H and O–H groups in total. The van der Waals surface area contributed by atoms with E-state index in [1.54, 1.807) is 0 Å². The van der Waals surface area contributed by atoms with E-state index in [-0.39, 0.29) is 0 Å². The average molecular weight is 362 g/mol. The van der Waals surface area contributed by atoms with Gasteiger partial charge < -0.3 is 5.11 Å².